The minimum absolute atomic E-state index is 0.0893. The highest BCUT2D eigenvalue weighted by Crippen LogP contribution is 2.20. The Bertz CT molecular complexity index is 714. The van der Waals surface area contributed by atoms with Crippen LogP contribution in [0.2, 0.25) is 4.34 Å². The number of thiophene rings is 1. The average Bonchev–Trinajstić information content (AvgIpc) is 3.06. The van der Waals surface area contributed by atoms with Crippen LogP contribution >= 0.6 is 22.9 Å². The third-order valence-corrected chi connectivity index (χ3v) is 4.00. The fourth-order valence-corrected chi connectivity index (χ4v) is 2.83. The molecule has 5 nitrogen and oxygen atoms in total. The molecule has 19 heavy (non-hydrogen) atoms. The van der Waals surface area contributed by atoms with Gasteiger partial charge in [-0.3, -0.25) is 4.79 Å². The fraction of sp³-hybridized carbons (Fsp3) is 0.167. The molecular formula is C12H11ClN4OS. The Morgan fingerprint density at radius 3 is 3.05 bits per heavy atom. The lowest BCUT2D eigenvalue weighted by Gasteiger charge is -2.05. The van der Waals surface area contributed by atoms with E-state index in [-0.39, 0.29) is 5.91 Å². The van der Waals surface area contributed by atoms with Gasteiger partial charge in [0.2, 0.25) is 0 Å². The lowest BCUT2D eigenvalue weighted by molar-refractivity contribution is 0.0956. The average molecular weight is 295 g/mol. The molecule has 7 heteroatoms. The molecule has 0 saturated carbocycles. The summed E-state index contributed by atoms with van der Waals surface area (Å²) >= 11 is 7.08. The predicted octanol–water partition coefficient (Wildman–Crippen LogP) is 2.28. The smallest absolute Gasteiger partial charge is 0.261 e. The second-order valence-electron chi connectivity index (χ2n) is 3.99. The van der Waals surface area contributed by atoms with Crippen LogP contribution in [0.25, 0.3) is 5.65 Å². The van der Waals surface area contributed by atoms with Crippen molar-refractivity contribution in [3.63, 3.8) is 0 Å². The molecule has 3 rings (SSSR count). The van der Waals surface area contributed by atoms with E-state index in [1.54, 1.807) is 22.8 Å². The molecule has 0 spiro atoms. The molecule has 98 valence electrons. The summed E-state index contributed by atoms with van der Waals surface area (Å²) in [5.74, 6) is -0.0893. The summed E-state index contributed by atoms with van der Waals surface area (Å²) in [6.45, 7) is 1.26. The molecule has 0 fully saturated rings. The van der Waals surface area contributed by atoms with E-state index in [9.17, 15) is 4.79 Å². The summed E-state index contributed by atoms with van der Waals surface area (Å²) in [7, 11) is 0. The van der Waals surface area contributed by atoms with Crippen LogP contribution in [-0.2, 0) is 6.54 Å². The maximum absolute atomic E-state index is 11.8. The number of nitrogens with zero attached hydrogens (tertiary/aromatic N) is 3. The highest BCUT2D eigenvalue weighted by atomic mass is 35.5. The van der Waals surface area contributed by atoms with E-state index >= 15 is 0 Å². The summed E-state index contributed by atoms with van der Waals surface area (Å²) in [5.41, 5.74) is 1.01. The molecule has 0 aliphatic carbocycles. The van der Waals surface area contributed by atoms with Gasteiger partial charge in [-0.25, -0.2) is 4.52 Å². The molecule has 3 aromatic heterocycles. The molecule has 3 heterocycles. The number of carbonyl (C=O) groups excluding carboxylic acids is 1. The predicted molar refractivity (Wildman–Crippen MR) is 74.8 cm³/mol. The van der Waals surface area contributed by atoms with Gasteiger partial charge in [-0.2, -0.15) is 5.10 Å². The number of hydrogen-bond acceptors (Lipinski definition) is 3. The number of nitrogens with one attached hydrogen (secondary N) is 1. The van der Waals surface area contributed by atoms with E-state index in [0.29, 0.717) is 22.3 Å². The first-order valence-electron chi connectivity index (χ1n) is 5.76. The topological polar surface area (TPSA) is 51.3 Å². The molecule has 1 amide bonds. The van der Waals surface area contributed by atoms with E-state index in [0.717, 1.165) is 5.65 Å². The van der Waals surface area contributed by atoms with Crippen LogP contribution < -0.4 is 5.32 Å². The third-order valence-electron chi connectivity index (χ3n) is 2.77. The summed E-state index contributed by atoms with van der Waals surface area (Å²) < 4.78 is 4.45. The number of imidazole rings is 1. The van der Waals surface area contributed by atoms with Crippen molar-refractivity contribution in [2.45, 2.75) is 6.54 Å². The van der Waals surface area contributed by atoms with Crippen molar-refractivity contribution in [3.05, 3.63) is 46.0 Å². The molecule has 0 radical (unpaired) electrons. The number of hydrogen-bond donors (Lipinski definition) is 1. The first kappa shape index (κ1) is 12.3. The van der Waals surface area contributed by atoms with Crippen molar-refractivity contribution in [1.82, 2.24) is 19.5 Å². The van der Waals surface area contributed by atoms with Gasteiger partial charge in [0.1, 0.15) is 5.65 Å². The Hall–Kier alpha value is -1.79. The Kier molecular flexibility index (Phi) is 3.27. The van der Waals surface area contributed by atoms with Gasteiger partial charge >= 0.3 is 0 Å². The largest absolute Gasteiger partial charge is 0.350 e. The second-order valence-corrected chi connectivity index (χ2v) is 5.70. The zero-order valence-electron chi connectivity index (χ0n) is 9.91. The summed E-state index contributed by atoms with van der Waals surface area (Å²) in [5, 5.41) is 7.00. The Morgan fingerprint density at radius 1 is 1.37 bits per heavy atom. The molecule has 0 unspecified atom stereocenters. The molecule has 0 aliphatic heterocycles. The Labute approximate surface area is 118 Å². The maximum atomic E-state index is 11.8. The normalized spacial score (nSPS) is 11.0. The standard InChI is InChI=1S/C12H11ClN4OS/c13-10-2-1-9(19-10)12(18)14-5-6-16-7-8-17-11(16)3-4-15-17/h1-4,7-8H,5-6H2,(H,14,18). The lowest BCUT2D eigenvalue weighted by Crippen LogP contribution is -2.26. The van der Waals surface area contributed by atoms with E-state index in [1.807, 2.05) is 23.0 Å². The molecule has 0 atom stereocenters. The maximum Gasteiger partial charge on any atom is 0.261 e. The Balaban J connectivity index is 1.59. The van der Waals surface area contributed by atoms with E-state index < -0.39 is 0 Å². The second kappa shape index (κ2) is 5.07. The van der Waals surface area contributed by atoms with Crippen LogP contribution in [0.3, 0.4) is 0 Å². The zero-order chi connectivity index (χ0) is 13.2. The van der Waals surface area contributed by atoms with Crippen LogP contribution in [0.5, 0.6) is 0 Å². The summed E-state index contributed by atoms with van der Waals surface area (Å²) in [4.78, 5) is 12.4. The SMILES string of the molecule is O=C(NCCn1ccn2nccc12)c1ccc(Cl)s1. The van der Waals surface area contributed by atoms with Gasteiger partial charge < -0.3 is 9.88 Å². The van der Waals surface area contributed by atoms with Crippen LogP contribution in [0.4, 0.5) is 0 Å². The van der Waals surface area contributed by atoms with Gasteiger partial charge in [-0.15, -0.1) is 11.3 Å². The minimum Gasteiger partial charge on any atom is -0.350 e. The first-order valence-corrected chi connectivity index (χ1v) is 6.95. The number of amides is 1. The molecule has 0 aromatic carbocycles. The van der Waals surface area contributed by atoms with Crippen LogP contribution in [0.15, 0.2) is 36.8 Å². The van der Waals surface area contributed by atoms with E-state index in [4.69, 9.17) is 11.6 Å². The number of aromatic nitrogens is 3. The summed E-state index contributed by atoms with van der Waals surface area (Å²) in [6, 6.07) is 5.39. The van der Waals surface area contributed by atoms with E-state index in [2.05, 4.69) is 10.4 Å². The molecule has 0 bridgehead atoms. The van der Waals surface area contributed by atoms with Gasteiger partial charge in [0.25, 0.3) is 5.91 Å². The number of halogens is 1. The van der Waals surface area contributed by atoms with Crippen LogP contribution in [-0.4, -0.2) is 26.6 Å². The van der Waals surface area contributed by atoms with Gasteiger partial charge in [0.05, 0.1) is 15.4 Å². The molecule has 3 aromatic rings. The van der Waals surface area contributed by atoms with E-state index in [1.165, 1.54) is 11.3 Å². The number of carbonyl (C=O) groups is 1. The van der Waals surface area contributed by atoms with Gasteiger partial charge in [0, 0.05) is 31.5 Å². The third kappa shape index (κ3) is 2.50. The molecule has 1 N–H and O–H groups in total. The van der Waals surface area contributed by atoms with Crippen LogP contribution in [0, 0.1) is 0 Å². The van der Waals surface area contributed by atoms with Crippen LogP contribution in [0.1, 0.15) is 9.67 Å². The quantitative estimate of drug-likeness (QED) is 0.802. The van der Waals surface area contributed by atoms with Crippen molar-refractivity contribution < 1.29 is 4.79 Å². The van der Waals surface area contributed by atoms with Gasteiger partial charge in [-0.05, 0) is 12.1 Å². The Morgan fingerprint density at radius 2 is 2.26 bits per heavy atom. The van der Waals surface area contributed by atoms with Gasteiger partial charge in [0.15, 0.2) is 0 Å². The molecular weight excluding hydrogens is 284 g/mol. The number of fused-ring (bicyclic) bond motifs is 1. The summed E-state index contributed by atoms with van der Waals surface area (Å²) in [6.07, 6.45) is 5.57. The monoisotopic (exact) mass is 294 g/mol. The highest BCUT2D eigenvalue weighted by molar-refractivity contribution is 7.17. The molecule has 0 aliphatic rings. The van der Waals surface area contributed by atoms with Crippen molar-refractivity contribution >= 4 is 34.5 Å². The van der Waals surface area contributed by atoms with Crippen molar-refractivity contribution in [2.75, 3.05) is 6.54 Å². The van der Waals surface area contributed by atoms with Gasteiger partial charge in [-0.1, -0.05) is 11.6 Å². The van der Waals surface area contributed by atoms with Crippen molar-refractivity contribution in [2.24, 2.45) is 0 Å². The zero-order valence-corrected chi connectivity index (χ0v) is 11.5. The highest BCUT2D eigenvalue weighted by Gasteiger charge is 2.08. The minimum atomic E-state index is -0.0893. The van der Waals surface area contributed by atoms with Crippen molar-refractivity contribution in [1.29, 1.82) is 0 Å². The number of rotatable bonds is 4. The first-order chi connectivity index (χ1) is 9.24. The lowest BCUT2D eigenvalue weighted by atomic mass is 10.4. The van der Waals surface area contributed by atoms with Crippen molar-refractivity contribution in [3.8, 4) is 0 Å². The fourth-order valence-electron chi connectivity index (χ4n) is 1.87. The molecule has 0 saturated heterocycles.